The molecule has 158 valence electrons. The molecule has 0 atom stereocenters. The molecule has 0 bridgehead atoms. The number of carbonyl (C=O) groups excluding carboxylic acids is 1. The smallest absolute Gasteiger partial charge is 0.494 e. The predicted octanol–water partition coefficient (Wildman–Crippen LogP) is 3.57. The summed E-state index contributed by atoms with van der Waals surface area (Å²) < 4.78 is 84.7. The van der Waals surface area contributed by atoms with Crippen molar-refractivity contribution in [1.82, 2.24) is 0 Å². The van der Waals surface area contributed by atoms with Gasteiger partial charge in [-0.2, -0.15) is 31.6 Å². The van der Waals surface area contributed by atoms with E-state index in [-0.39, 0.29) is 32.7 Å². The first-order valence-electron chi connectivity index (χ1n) is 8.66. The Morgan fingerprint density at radius 2 is 1.43 bits per heavy atom. The minimum atomic E-state index is -5.09. The summed E-state index contributed by atoms with van der Waals surface area (Å²) in [6.07, 6.45) is -9.35. The molecule has 0 aliphatic rings. The van der Waals surface area contributed by atoms with E-state index in [0.717, 1.165) is 6.42 Å². The van der Waals surface area contributed by atoms with E-state index in [4.69, 9.17) is 4.74 Å². The van der Waals surface area contributed by atoms with Crippen molar-refractivity contribution in [2.75, 3.05) is 6.61 Å². The molecular formula is C20H18F6LiO2P. The molecule has 0 saturated heterocycles. The molecule has 2 rings (SSSR count). The number of rotatable bonds is 7. The minimum Gasteiger partial charge on any atom is -0.494 e. The van der Waals surface area contributed by atoms with Gasteiger partial charge in [-0.1, -0.05) is 32.0 Å². The van der Waals surface area contributed by atoms with Crippen LogP contribution in [0.3, 0.4) is 0 Å². The van der Waals surface area contributed by atoms with Gasteiger partial charge in [-0.05, 0) is 36.6 Å². The zero-order valence-electron chi connectivity index (χ0n) is 16.6. The summed E-state index contributed by atoms with van der Waals surface area (Å²) >= 11 is 0. The number of carbonyl (C=O) groups is 1. The Morgan fingerprint density at radius 1 is 0.933 bits per heavy atom. The summed E-state index contributed by atoms with van der Waals surface area (Å²) in [4.78, 5) is 12.4. The number of hydrogen-bond donors (Lipinski definition) is 0. The van der Waals surface area contributed by atoms with Crippen LogP contribution < -0.4 is 28.9 Å². The molecule has 10 heteroatoms. The van der Waals surface area contributed by atoms with Crippen molar-refractivity contribution in [3.05, 3.63) is 59.2 Å². The fourth-order valence-electron chi connectivity index (χ4n) is 2.46. The van der Waals surface area contributed by atoms with Crippen molar-refractivity contribution in [3.63, 3.8) is 0 Å². The van der Waals surface area contributed by atoms with Crippen LogP contribution in [0.5, 0.6) is 5.75 Å². The van der Waals surface area contributed by atoms with Crippen LogP contribution in [0.25, 0.3) is 0 Å². The summed E-state index contributed by atoms with van der Waals surface area (Å²) in [6, 6.07) is 7.52. The van der Waals surface area contributed by atoms with Crippen LogP contribution in [-0.2, 0) is 12.4 Å². The first-order chi connectivity index (χ1) is 13.4. The van der Waals surface area contributed by atoms with Crippen LogP contribution in [-0.4, -0.2) is 12.1 Å². The standard InChI is InChI=1S/C20H18F6O2P.Li/c1-12(2)10-11-28-13-6-8-14(9-7-13)29-18(27)17-15(19(21,22)23)4-3-5-16(17)20(24,25)26;/h3-9,12H,10-11H2,1-2H3;/q-1;+1. The van der Waals surface area contributed by atoms with Gasteiger partial charge in [0.25, 0.3) is 0 Å². The zero-order valence-corrected chi connectivity index (χ0v) is 17.5. The van der Waals surface area contributed by atoms with Gasteiger partial charge in [0.2, 0.25) is 0 Å². The first kappa shape index (κ1) is 26.6. The summed E-state index contributed by atoms with van der Waals surface area (Å²) in [6.45, 7) is 4.54. The molecule has 0 heterocycles. The molecule has 0 spiro atoms. The molecule has 0 N–H and O–H groups in total. The van der Waals surface area contributed by atoms with Gasteiger partial charge in [0.15, 0.2) is 0 Å². The Hall–Kier alpha value is -1.48. The van der Waals surface area contributed by atoms with E-state index in [1.54, 1.807) is 0 Å². The Balaban J connectivity index is 0.00000450. The molecule has 0 fully saturated rings. The second-order valence-electron chi connectivity index (χ2n) is 6.67. The quantitative estimate of drug-likeness (QED) is 0.373. The number of benzene rings is 2. The monoisotopic (exact) mass is 442 g/mol. The molecule has 2 aromatic rings. The fourth-order valence-corrected chi connectivity index (χ4v) is 3.34. The molecule has 2 nitrogen and oxygen atoms in total. The van der Waals surface area contributed by atoms with Crippen molar-refractivity contribution in [3.8, 4) is 5.75 Å². The van der Waals surface area contributed by atoms with Crippen molar-refractivity contribution >= 4 is 19.4 Å². The zero-order chi connectivity index (χ0) is 21.8. The van der Waals surface area contributed by atoms with Crippen molar-refractivity contribution < 1.29 is 54.7 Å². The summed E-state index contributed by atoms with van der Waals surface area (Å²) in [7, 11) is -0.296. The van der Waals surface area contributed by atoms with E-state index in [1.165, 1.54) is 24.3 Å². The van der Waals surface area contributed by atoms with E-state index >= 15 is 0 Å². The topological polar surface area (TPSA) is 26.3 Å². The molecule has 0 aliphatic heterocycles. The number of halogens is 6. The second kappa shape index (κ2) is 10.7. The average molecular weight is 442 g/mol. The molecular weight excluding hydrogens is 424 g/mol. The van der Waals surface area contributed by atoms with Gasteiger partial charge in [-0.25, -0.2) is 0 Å². The fraction of sp³-hybridized carbons (Fsp3) is 0.350. The molecule has 0 aliphatic carbocycles. The van der Waals surface area contributed by atoms with Crippen LogP contribution in [0.2, 0.25) is 0 Å². The maximum Gasteiger partial charge on any atom is 1.00 e. The largest absolute Gasteiger partial charge is 1.00 e. The van der Waals surface area contributed by atoms with Crippen LogP contribution in [0.4, 0.5) is 26.3 Å². The van der Waals surface area contributed by atoms with Gasteiger partial charge in [-0.3, -0.25) is 0 Å². The molecule has 0 radical (unpaired) electrons. The van der Waals surface area contributed by atoms with E-state index in [9.17, 15) is 31.1 Å². The van der Waals surface area contributed by atoms with E-state index < -0.39 is 34.6 Å². The van der Waals surface area contributed by atoms with Crippen LogP contribution in [0.15, 0.2) is 42.5 Å². The van der Waals surface area contributed by atoms with Crippen LogP contribution in [0, 0.1) is 5.92 Å². The van der Waals surface area contributed by atoms with Gasteiger partial charge in [0.1, 0.15) is 5.75 Å². The summed E-state index contributed by atoms with van der Waals surface area (Å²) in [5, 5.41) is 0.260. The minimum absolute atomic E-state index is 0. The Kier molecular flexibility index (Phi) is 9.47. The Labute approximate surface area is 184 Å². The van der Waals surface area contributed by atoms with Gasteiger partial charge in [0, 0.05) is 11.1 Å². The van der Waals surface area contributed by atoms with Crippen LogP contribution in [0.1, 0.15) is 41.8 Å². The van der Waals surface area contributed by atoms with Crippen molar-refractivity contribution in [2.24, 2.45) is 5.92 Å². The SMILES string of the molecule is CC(C)CCOc1ccc([P-]C(=O)c2c(C(F)(F)F)cccc2C(F)(F)F)cc1.[Li+]. The molecule has 0 aromatic heterocycles. The second-order valence-corrected chi connectivity index (χ2v) is 7.81. The van der Waals surface area contributed by atoms with E-state index in [2.05, 4.69) is 0 Å². The maximum atomic E-state index is 13.2. The third-order valence-corrected chi connectivity index (χ3v) is 4.90. The predicted molar refractivity (Wildman–Crippen MR) is 98.7 cm³/mol. The third-order valence-electron chi connectivity index (χ3n) is 3.92. The number of ether oxygens (including phenoxy) is 1. The van der Waals surface area contributed by atoms with Gasteiger partial charge < -0.3 is 18.1 Å². The molecule has 0 unspecified atom stereocenters. The number of alkyl halides is 6. The van der Waals surface area contributed by atoms with E-state index in [0.29, 0.717) is 36.5 Å². The van der Waals surface area contributed by atoms with Gasteiger partial charge in [-0.15, -0.1) is 0 Å². The van der Waals surface area contributed by atoms with Gasteiger partial charge >= 0.3 is 31.2 Å². The van der Waals surface area contributed by atoms with Crippen molar-refractivity contribution in [2.45, 2.75) is 32.6 Å². The third kappa shape index (κ3) is 7.34. The Bertz CT molecular complexity index is 816. The van der Waals surface area contributed by atoms with E-state index in [1.807, 2.05) is 13.8 Å². The molecule has 2 aromatic carbocycles. The summed E-state index contributed by atoms with van der Waals surface area (Å²) in [5.74, 6) is 0.950. The van der Waals surface area contributed by atoms with Crippen molar-refractivity contribution in [1.29, 1.82) is 0 Å². The summed E-state index contributed by atoms with van der Waals surface area (Å²) in [5.41, 5.74) is -5.85. The van der Waals surface area contributed by atoms with Gasteiger partial charge in [0.05, 0.1) is 17.7 Å². The maximum absolute atomic E-state index is 13.2. The molecule has 0 amide bonds. The average Bonchev–Trinajstić information content (AvgIpc) is 2.60. The Morgan fingerprint density at radius 3 is 1.87 bits per heavy atom. The molecule has 0 saturated carbocycles. The first-order valence-corrected chi connectivity index (χ1v) is 9.55. The normalized spacial score (nSPS) is 12.3. The van der Waals surface area contributed by atoms with Crippen LogP contribution >= 0.6 is 8.58 Å². The number of hydrogen-bond acceptors (Lipinski definition) is 2. The molecule has 30 heavy (non-hydrogen) atoms.